The first kappa shape index (κ1) is 15.2. The molecule has 0 aromatic carbocycles. The van der Waals surface area contributed by atoms with Gasteiger partial charge in [-0.3, -0.25) is 9.50 Å². The van der Waals surface area contributed by atoms with Crippen molar-refractivity contribution in [1.82, 2.24) is 34.9 Å². The molecule has 8 heteroatoms. The van der Waals surface area contributed by atoms with Crippen molar-refractivity contribution in [1.29, 1.82) is 0 Å². The minimum Gasteiger partial charge on any atom is -0.366 e. The second kappa shape index (κ2) is 6.29. The van der Waals surface area contributed by atoms with Gasteiger partial charge in [-0.15, -0.1) is 0 Å². The highest BCUT2D eigenvalue weighted by Crippen LogP contribution is 2.30. The molecule has 0 bridgehead atoms. The fraction of sp³-hybridized carbons (Fsp3) is 0.500. The fourth-order valence-corrected chi connectivity index (χ4v) is 3.31. The highest BCUT2D eigenvalue weighted by Gasteiger charge is 2.28. The van der Waals surface area contributed by atoms with E-state index in [0.717, 1.165) is 54.6 Å². The minimum absolute atomic E-state index is 0.0320. The molecule has 0 radical (unpaired) electrons. The number of H-pyrrole nitrogens is 1. The zero-order chi connectivity index (χ0) is 16.5. The molecule has 1 aliphatic heterocycles. The number of rotatable bonds is 5. The first-order valence-corrected chi connectivity index (χ1v) is 8.22. The molecular formula is C16H21N7O. The summed E-state index contributed by atoms with van der Waals surface area (Å²) in [5.74, 6) is 1.57. The normalized spacial score (nSPS) is 20.9. The van der Waals surface area contributed by atoms with Crippen LogP contribution in [0.3, 0.4) is 0 Å². The summed E-state index contributed by atoms with van der Waals surface area (Å²) in [5.41, 5.74) is 3.25. The maximum atomic E-state index is 6.02. The van der Waals surface area contributed by atoms with Crippen molar-refractivity contribution < 1.29 is 4.74 Å². The van der Waals surface area contributed by atoms with Crippen molar-refractivity contribution in [3.05, 3.63) is 41.5 Å². The van der Waals surface area contributed by atoms with Crippen LogP contribution in [0, 0.1) is 13.8 Å². The first-order valence-electron chi connectivity index (χ1n) is 8.22. The second-order valence-electron chi connectivity index (χ2n) is 6.25. The van der Waals surface area contributed by atoms with Gasteiger partial charge in [0.15, 0.2) is 5.82 Å². The predicted octanol–water partition coefficient (Wildman–Crippen LogP) is 1.47. The Hall–Kier alpha value is -2.32. The van der Waals surface area contributed by atoms with Gasteiger partial charge in [-0.2, -0.15) is 5.10 Å². The quantitative estimate of drug-likeness (QED) is 0.737. The van der Waals surface area contributed by atoms with E-state index in [0.29, 0.717) is 0 Å². The lowest BCUT2D eigenvalue weighted by Gasteiger charge is -2.13. The van der Waals surface area contributed by atoms with E-state index in [2.05, 4.69) is 47.9 Å². The molecule has 1 saturated heterocycles. The van der Waals surface area contributed by atoms with Crippen LogP contribution in [0.25, 0.3) is 5.78 Å². The molecule has 0 spiro atoms. The van der Waals surface area contributed by atoms with E-state index in [-0.39, 0.29) is 12.2 Å². The Labute approximate surface area is 139 Å². The molecule has 1 aliphatic rings. The maximum absolute atomic E-state index is 6.02. The van der Waals surface area contributed by atoms with E-state index >= 15 is 0 Å². The zero-order valence-electron chi connectivity index (χ0n) is 13.9. The third-order valence-corrected chi connectivity index (χ3v) is 4.39. The van der Waals surface area contributed by atoms with E-state index in [4.69, 9.17) is 4.74 Å². The smallest absolute Gasteiger partial charge is 0.234 e. The van der Waals surface area contributed by atoms with Crippen LogP contribution in [-0.2, 0) is 11.3 Å². The molecule has 0 unspecified atom stereocenters. The van der Waals surface area contributed by atoms with Gasteiger partial charge in [0.05, 0.1) is 18.0 Å². The lowest BCUT2D eigenvalue weighted by molar-refractivity contribution is 0.0400. The number of nitrogens with zero attached hydrogens (tertiary/aromatic N) is 5. The van der Waals surface area contributed by atoms with Crippen LogP contribution in [0.4, 0.5) is 0 Å². The van der Waals surface area contributed by atoms with Crippen LogP contribution in [-0.4, -0.2) is 42.2 Å². The number of nitrogens with one attached hydrogen (secondary N) is 2. The number of aromatic nitrogens is 6. The molecule has 3 aromatic rings. The largest absolute Gasteiger partial charge is 0.366 e. The Bertz CT molecular complexity index is 826. The molecule has 3 aromatic heterocycles. The average molecular weight is 327 g/mol. The molecule has 4 rings (SSSR count). The van der Waals surface area contributed by atoms with Gasteiger partial charge in [-0.1, -0.05) is 0 Å². The van der Waals surface area contributed by atoms with Crippen LogP contribution in [0.1, 0.15) is 41.9 Å². The van der Waals surface area contributed by atoms with E-state index in [1.807, 2.05) is 13.1 Å². The Morgan fingerprint density at radius 2 is 2.25 bits per heavy atom. The number of hydrogen-bond acceptors (Lipinski definition) is 6. The summed E-state index contributed by atoms with van der Waals surface area (Å²) >= 11 is 0. The second-order valence-corrected chi connectivity index (χ2v) is 6.25. The predicted molar refractivity (Wildman–Crippen MR) is 87.4 cm³/mol. The van der Waals surface area contributed by atoms with Crippen LogP contribution >= 0.6 is 0 Å². The van der Waals surface area contributed by atoms with E-state index in [1.165, 1.54) is 6.33 Å². The van der Waals surface area contributed by atoms with Gasteiger partial charge in [0, 0.05) is 24.5 Å². The molecule has 0 aliphatic carbocycles. The number of fused-ring (bicyclic) bond motifs is 1. The topological polar surface area (TPSA) is 93.0 Å². The number of ether oxygens (including phenoxy) is 1. The van der Waals surface area contributed by atoms with Crippen molar-refractivity contribution in [2.24, 2.45) is 0 Å². The van der Waals surface area contributed by atoms with Crippen molar-refractivity contribution in [3.8, 4) is 0 Å². The van der Waals surface area contributed by atoms with E-state index in [9.17, 15) is 0 Å². The molecule has 4 heterocycles. The van der Waals surface area contributed by atoms with Crippen molar-refractivity contribution in [3.63, 3.8) is 0 Å². The Kier molecular flexibility index (Phi) is 3.99. The summed E-state index contributed by atoms with van der Waals surface area (Å²) in [7, 11) is 0. The summed E-state index contributed by atoms with van der Waals surface area (Å²) in [6.07, 6.45) is 5.62. The van der Waals surface area contributed by atoms with Gasteiger partial charge >= 0.3 is 0 Å². The Morgan fingerprint density at radius 1 is 1.33 bits per heavy atom. The zero-order valence-corrected chi connectivity index (χ0v) is 13.9. The lowest BCUT2D eigenvalue weighted by Crippen LogP contribution is -2.26. The summed E-state index contributed by atoms with van der Waals surface area (Å²) in [5, 5.41) is 10.2. The standard InChI is InChI=1S/C16H21N7O/c1-10-5-11(2)23-12(7-18-16(23)21-10)6-17-8-13-3-4-14(24-13)15-19-9-20-22-15/h5,7,9,13-14,17H,3-4,6,8H2,1-2H3,(H,19,20,22)/t13-,14+/m1/s1. The van der Waals surface area contributed by atoms with Gasteiger partial charge in [-0.25, -0.2) is 15.0 Å². The van der Waals surface area contributed by atoms with Gasteiger partial charge in [0.1, 0.15) is 12.4 Å². The monoisotopic (exact) mass is 327 g/mol. The Balaban J connectivity index is 1.35. The highest BCUT2D eigenvalue weighted by molar-refractivity contribution is 5.35. The van der Waals surface area contributed by atoms with Crippen molar-refractivity contribution in [2.45, 2.75) is 45.4 Å². The maximum Gasteiger partial charge on any atom is 0.234 e. The summed E-state index contributed by atoms with van der Waals surface area (Å²) in [6, 6.07) is 2.07. The molecule has 24 heavy (non-hydrogen) atoms. The van der Waals surface area contributed by atoms with Crippen LogP contribution in [0.5, 0.6) is 0 Å². The van der Waals surface area contributed by atoms with Crippen LogP contribution < -0.4 is 5.32 Å². The minimum atomic E-state index is 0.0320. The van der Waals surface area contributed by atoms with E-state index in [1.54, 1.807) is 0 Å². The average Bonchev–Trinajstić information content (AvgIpc) is 3.26. The third kappa shape index (κ3) is 2.90. The number of aryl methyl sites for hydroxylation is 2. The first-order chi connectivity index (χ1) is 11.7. The van der Waals surface area contributed by atoms with Gasteiger partial charge in [0.2, 0.25) is 5.78 Å². The molecule has 0 amide bonds. The third-order valence-electron chi connectivity index (χ3n) is 4.39. The fourth-order valence-electron chi connectivity index (χ4n) is 3.31. The van der Waals surface area contributed by atoms with Crippen molar-refractivity contribution >= 4 is 5.78 Å². The molecule has 126 valence electrons. The van der Waals surface area contributed by atoms with Crippen LogP contribution in [0.15, 0.2) is 18.6 Å². The molecular weight excluding hydrogens is 306 g/mol. The SMILES string of the molecule is Cc1cc(C)n2c(CNC[C@H]3CC[C@@H](c4ncn[nH]4)O3)cnc2n1. The molecule has 2 N–H and O–H groups in total. The molecule has 0 saturated carbocycles. The summed E-state index contributed by atoms with van der Waals surface area (Å²) < 4.78 is 8.11. The summed E-state index contributed by atoms with van der Waals surface area (Å²) in [6.45, 7) is 5.60. The van der Waals surface area contributed by atoms with Crippen molar-refractivity contribution in [2.75, 3.05) is 6.54 Å². The number of imidazole rings is 1. The van der Waals surface area contributed by atoms with Gasteiger partial charge in [-0.05, 0) is 32.8 Å². The van der Waals surface area contributed by atoms with Gasteiger partial charge in [0.25, 0.3) is 0 Å². The number of aromatic amines is 1. The highest BCUT2D eigenvalue weighted by atomic mass is 16.5. The molecule has 1 fully saturated rings. The lowest BCUT2D eigenvalue weighted by atomic mass is 10.2. The Morgan fingerprint density at radius 3 is 3.08 bits per heavy atom. The molecule has 2 atom stereocenters. The summed E-state index contributed by atoms with van der Waals surface area (Å²) in [4.78, 5) is 13.0. The van der Waals surface area contributed by atoms with Gasteiger partial charge < -0.3 is 10.1 Å². The van der Waals surface area contributed by atoms with Crippen LogP contribution in [0.2, 0.25) is 0 Å². The van der Waals surface area contributed by atoms with E-state index < -0.39 is 0 Å². The molecule has 8 nitrogen and oxygen atoms in total. The number of hydrogen-bond donors (Lipinski definition) is 2.